The number of nitrogens with one attached hydrogen (secondary N) is 1. The highest BCUT2D eigenvalue weighted by Gasteiger charge is 2.25. The first kappa shape index (κ1) is 20.1. The number of amides is 1. The molecule has 2 saturated heterocycles. The van der Waals surface area contributed by atoms with Crippen molar-refractivity contribution in [2.75, 3.05) is 63.8 Å². The van der Waals surface area contributed by atoms with Crippen LogP contribution < -0.4 is 10.2 Å². The number of rotatable bonds is 7. The predicted molar refractivity (Wildman–Crippen MR) is 110 cm³/mol. The molecule has 1 amide bonds. The van der Waals surface area contributed by atoms with E-state index in [1.165, 1.54) is 12.8 Å². The van der Waals surface area contributed by atoms with E-state index in [0.717, 1.165) is 58.2 Å². The minimum atomic E-state index is 0.174. The number of aromatic nitrogens is 1. The van der Waals surface area contributed by atoms with Gasteiger partial charge in [0.15, 0.2) is 0 Å². The first-order valence-corrected chi connectivity index (χ1v) is 10.5. The molecule has 2 aliphatic rings. The van der Waals surface area contributed by atoms with Crippen LogP contribution in [-0.2, 0) is 4.79 Å². The molecule has 1 aromatic rings. The minimum Gasteiger partial charge on any atom is -0.355 e. The molecule has 2 fully saturated rings. The molecular weight excluding hydrogens is 338 g/mol. The molecule has 0 bridgehead atoms. The van der Waals surface area contributed by atoms with Crippen LogP contribution in [0.5, 0.6) is 0 Å². The molecule has 1 N–H and O–H groups in total. The molecule has 1 aromatic heterocycles. The molecule has 0 aliphatic carbocycles. The molecule has 6 heteroatoms. The van der Waals surface area contributed by atoms with Crippen molar-refractivity contribution in [3.8, 4) is 0 Å². The zero-order chi connectivity index (χ0) is 19.1. The van der Waals surface area contributed by atoms with Gasteiger partial charge >= 0.3 is 0 Å². The fourth-order valence-electron chi connectivity index (χ4n) is 4.09. The summed E-state index contributed by atoms with van der Waals surface area (Å²) in [5.74, 6) is 2.45. The third-order valence-electron chi connectivity index (χ3n) is 5.54. The Balaban J connectivity index is 1.39. The summed E-state index contributed by atoms with van der Waals surface area (Å²) in [5.41, 5.74) is 0. The van der Waals surface area contributed by atoms with Gasteiger partial charge in [0.05, 0.1) is 6.54 Å². The number of hydrogen-bond acceptors (Lipinski definition) is 5. The molecule has 0 aromatic carbocycles. The molecule has 3 rings (SSSR count). The van der Waals surface area contributed by atoms with Gasteiger partial charge in [0, 0.05) is 52.0 Å². The molecule has 1 atom stereocenters. The second kappa shape index (κ2) is 10.0. The number of likely N-dealkylation sites (tertiary alicyclic amines) is 1. The summed E-state index contributed by atoms with van der Waals surface area (Å²) in [6.45, 7) is 13.1. The highest BCUT2D eigenvalue weighted by Crippen LogP contribution is 2.19. The Kier molecular flexibility index (Phi) is 7.47. The Hall–Kier alpha value is -1.66. The van der Waals surface area contributed by atoms with Gasteiger partial charge in [-0.3, -0.25) is 14.6 Å². The van der Waals surface area contributed by atoms with E-state index < -0.39 is 0 Å². The highest BCUT2D eigenvalue weighted by atomic mass is 16.2. The van der Waals surface area contributed by atoms with Crippen LogP contribution in [0.25, 0.3) is 0 Å². The fraction of sp³-hybridized carbons (Fsp3) is 0.714. The van der Waals surface area contributed by atoms with Crippen LogP contribution in [0.3, 0.4) is 0 Å². The van der Waals surface area contributed by atoms with Crippen molar-refractivity contribution in [1.29, 1.82) is 0 Å². The maximum Gasteiger partial charge on any atom is 0.234 e. The first-order chi connectivity index (χ1) is 13.1. The van der Waals surface area contributed by atoms with Crippen molar-refractivity contribution in [1.82, 2.24) is 20.1 Å². The van der Waals surface area contributed by atoms with Crippen LogP contribution in [0.15, 0.2) is 24.4 Å². The minimum absolute atomic E-state index is 0.174. The highest BCUT2D eigenvalue weighted by molar-refractivity contribution is 5.78. The van der Waals surface area contributed by atoms with E-state index in [-0.39, 0.29) is 5.91 Å². The number of piperidine rings is 1. The zero-order valence-corrected chi connectivity index (χ0v) is 16.9. The van der Waals surface area contributed by atoms with Gasteiger partial charge in [0.25, 0.3) is 0 Å². The number of carbonyl (C=O) groups excluding carboxylic acids is 1. The second-order valence-electron chi connectivity index (χ2n) is 8.42. The summed E-state index contributed by atoms with van der Waals surface area (Å²) in [7, 11) is 0. The molecule has 2 aliphatic heterocycles. The summed E-state index contributed by atoms with van der Waals surface area (Å²) in [6, 6.07) is 6.12. The van der Waals surface area contributed by atoms with Crippen LogP contribution in [0.2, 0.25) is 0 Å². The Labute approximate surface area is 163 Å². The van der Waals surface area contributed by atoms with Crippen LogP contribution in [-0.4, -0.2) is 79.6 Å². The fourth-order valence-corrected chi connectivity index (χ4v) is 4.09. The van der Waals surface area contributed by atoms with Crippen LogP contribution >= 0.6 is 0 Å². The average Bonchev–Trinajstić information content (AvgIpc) is 2.68. The maximum atomic E-state index is 12.1. The molecular formula is C21H35N5O. The van der Waals surface area contributed by atoms with E-state index in [9.17, 15) is 4.79 Å². The van der Waals surface area contributed by atoms with Gasteiger partial charge in [-0.15, -0.1) is 0 Å². The quantitative estimate of drug-likeness (QED) is 0.788. The molecule has 0 spiro atoms. The number of piperazine rings is 1. The standard InChI is InChI=1S/C21H35N5O/c1-18(2)14-23-21(27)17-25-9-5-6-19(16-25)15-24-10-12-26(13-11-24)20-7-3-4-8-22-20/h3-4,7-8,18-19H,5-6,9-17H2,1-2H3,(H,23,27)/t19-/m0/s1. The molecule has 3 heterocycles. The van der Waals surface area contributed by atoms with Crippen LogP contribution in [0, 0.1) is 11.8 Å². The molecule has 150 valence electrons. The molecule has 0 radical (unpaired) electrons. The Morgan fingerprint density at radius 2 is 2.00 bits per heavy atom. The van der Waals surface area contributed by atoms with Crippen molar-refractivity contribution < 1.29 is 4.79 Å². The summed E-state index contributed by atoms with van der Waals surface area (Å²) in [5, 5.41) is 3.04. The summed E-state index contributed by atoms with van der Waals surface area (Å²) in [6.07, 6.45) is 4.36. The van der Waals surface area contributed by atoms with Crippen molar-refractivity contribution in [3.05, 3.63) is 24.4 Å². The normalized spacial score (nSPS) is 22.2. The van der Waals surface area contributed by atoms with Crippen molar-refractivity contribution >= 4 is 11.7 Å². The summed E-state index contributed by atoms with van der Waals surface area (Å²) >= 11 is 0. The Bertz CT molecular complexity index is 571. The molecule has 0 saturated carbocycles. The van der Waals surface area contributed by atoms with Gasteiger partial charge in [0.1, 0.15) is 5.82 Å². The second-order valence-corrected chi connectivity index (χ2v) is 8.42. The van der Waals surface area contributed by atoms with Gasteiger partial charge in [-0.05, 0) is 43.4 Å². The Morgan fingerprint density at radius 1 is 1.19 bits per heavy atom. The van der Waals surface area contributed by atoms with Gasteiger partial charge in [-0.25, -0.2) is 4.98 Å². The lowest BCUT2D eigenvalue weighted by Crippen LogP contribution is -2.50. The average molecular weight is 374 g/mol. The number of carbonyl (C=O) groups is 1. The summed E-state index contributed by atoms with van der Waals surface area (Å²) < 4.78 is 0. The van der Waals surface area contributed by atoms with E-state index >= 15 is 0 Å². The van der Waals surface area contributed by atoms with E-state index in [2.05, 4.69) is 51.0 Å². The van der Waals surface area contributed by atoms with Gasteiger partial charge in [-0.2, -0.15) is 0 Å². The van der Waals surface area contributed by atoms with Crippen LogP contribution in [0.4, 0.5) is 5.82 Å². The monoisotopic (exact) mass is 373 g/mol. The summed E-state index contributed by atoms with van der Waals surface area (Å²) in [4.78, 5) is 23.9. The number of nitrogens with zero attached hydrogens (tertiary/aromatic N) is 4. The predicted octanol–water partition coefficient (Wildman–Crippen LogP) is 1.69. The Morgan fingerprint density at radius 3 is 2.70 bits per heavy atom. The topological polar surface area (TPSA) is 51.7 Å². The number of pyridine rings is 1. The molecule has 27 heavy (non-hydrogen) atoms. The number of hydrogen-bond donors (Lipinski definition) is 1. The molecule has 6 nitrogen and oxygen atoms in total. The van der Waals surface area contributed by atoms with Crippen molar-refractivity contribution in [3.63, 3.8) is 0 Å². The van der Waals surface area contributed by atoms with Gasteiger partial charge < -0.3 is 10.2 Å². The lowest BCUT2D eigenvalue weighted by atomic mass is 9.97. The van der Waals surface area contributed by atoms with E-state index in [1.807, 2.05) is 12.3 Å². The van der Waals surface area contributed by atoms with Gasteiger partial charge in [0.2, 0.25) is 5.91 Å². The third-order valence-corrected chi connectivity index (χ3v) is 5.54. The number of anilines is 1. The lowest BCUT2D eigenvalue weighted by Gasteiger charge is -2.39. The molecule has 0 unspecified atom stereocenters. The third kappa shape index (κ3) is 6.47. The largest absolute Gasteiger partial charge is 0.355 e. The van der Waals surface area contributed by atoms with Gasteiger partial charge in [-0.1, -0.05) is 19.9 Å². The van der Waals surface area contributed by atoms with Crippen molar-refractivity contribution in [2.45, 2.75) is 26.7 Å². The van der Waals surface area contributed by atoms with E-state index in [0.29, 0.717) is 18.4 Å². The van der Waals surface area contributed by atoms with Crippen molar-refractivity contribution in [2.24, 2.45) is 11.8 Å². The lowest BCUT2D eigenvalue weighted by molar-refractivity contribution is -0.122. The van der Waals surface area contributed by atoms with Crippen LogP contribution in [0.1, 0.15) is 26.7 Å². The van der Waals surface area contributed by atoms with E-state index in [1.54, 1.807) is 0 Å². The maximum absolute atomic E-state index is 12.1. The first-order valence-electron chi connectivity index (χ1n) is 10.5. The SMILES string of the molecule is CC(C)CNC(=O)CN1CCC[C@@H](CN2CCN(c3ccccn3)CC2)C1. The van der Waals surface area contributed by atoms with E-state index in [4.69, 9.17) is 0 Å². The smallest absolute Gasteiger partial charge is 0.234 e. The zero-order valence-electron chi connectivity index (χ0n) is 16.9.